The van der Waals surface area contributed by atoms with E-state index in [1.807, 2.05) is 48.5 Å². The van der Waals surface area contributed by atoms with Crippen LogP contribution in [0.25, 0.3) is 0 Å². The zero-order valence-electron chi connectivity index (χ0n) is 16.6. The molecule has 0 bridgehead atoms. The summed E-state index contributed by atoms with van der Waals surface area (Å²) in [5.41, 5.74) is 0. The van der Waals surface area contributed by atoms with E-state index in [-0.39, 0.29) is 12.2 Å². The van der Waals surface area contributed by atoms with E-state index in [9.17, 15) is 0 Å². The Balaban J connectivity index is 1.02. The van der Waals surface area contributed by atoms with Gasteiger partial charge in [-0.2, -0.15) is 0 Å². The van der Waals surface area contributed by atoms with Crippen LogP contribution in [0.15, 0.2) is 48.5 Å². The van der Waals surface area contributed by atoms with Crippen molar-refractivity contribution in [2.45, 2.75) is 31.5 Å². The van der Waals surface area contributed by atoms with Gasteiger partial charge in [-0.25, -0.2) is 0 Å². The van der Waals surface area contributed by atoms with E-state index in [0.717, 1.165) is 55.5 Å². The molecule has 2 saturated heterocycles. The van der Waals surface area contributed by atoms with Gasteiger partial charge >= 0.3 is 0 Å². The average molecular weight is 400 g/mol. The molecule has 6 heteroatoms. The lowest BCUT2D eigenvalue weighted by Gasteiger charge is -2.09. The van der Waals surface area contributed by atoms with Crippen LogP contribution in [0.4, 0.5) is 0 Å². The molecule has 2 atom stereocenters. The first-order valence-electron chi connectivity index (χ1n) is 10.3. The third-order valence-corrected chi connectivity index (χ3v) is 4.65. The highest BCUT2D eigenvalue weighted by atomic mass is 16.6. The van der Waals surface area contributed by atoms with E-state index in [2.05, 4.69) is 0 Å². The van der Waals surface area contributed by atoms with Crippen LogP contribution in [0, 0.1) is 0 Å². The summed E-state index contributed by atoms with van der Waals surface area (Å²) < 4.78 is 33.0. The number of ether oxygens (including phenoxy) is 6. The highest BCUT2D eigenvalue weighted by molar-refractivity contribution is 5.32. The van der Waals surface area contributed by atoms with Crippen LogP contribution in [0.2, 0.25) is 0 Å². The van der Waals surface area contributed by atoms with Crippen molar-refractivity contribution in [1.82, 2.24) is 0 Å². The molecule has 2 fully saturated rings. The topological polar surface area (TPSA) is 62.0 Å². The molecule has 0 radical (unpaired) electrons. The second-order valence-electron chi connectivity index (χ2n) is 7.23. The largest absolute Gasteiger partial charge is 0.494 e. The molecule has 2 aromatic carbocycles. The quantitative estimate of drug-likeness (QED) is 0.354. The Hall–Kier alpha value is -2.44. The van der Waals surface area contributed by atoms with Gasteiger partial charge in [0.1, 0.15) is 48.4 Å². The van der Waals surface area contributed by atoms with Gasteiger partial charge in [-0.05, 0) is 67.8 Å². The van der Waals surface area contributed by atoms with Crippen LogP contribution in [0.5, 0.6) is 23.0 Å². The molecule has 0 amide bonds. The van der Waals surface area contributed by atoms with E-state index < -0.39 is 0 Å². The number of unbranched alkanes of at least 4 members (excludes halogenated alkanes) is 2. The summed E-state index contributed by atoms with van der Waals surface area (Å²) in [6.45, 7) is 4.26. The highest BCUT2D eigenvalue weighted by Crippen LogP contribution is 2.21. The molecule has 2 aliphatic rings. The Morgan fingerprint density at radius 3 is 1.24 bits per heavy atom. The Kier molecular flexibility index (Phi) is 7.10. The van der Waals surface area contributed by atoms with E-state index in [4.69, 9.17) is 28.4 Å². The summed E-state index contributed by atoms with van der Waals surface area (Å²) in [6.07, 6.45) is 3.60. The molecule has 2 heterocycles. The van der Waals surface area contributed by atoms with Gasteiger partial charge < -0.3 is 28.4 Å². The first-order chi connectivity index (χ1) is 14.3. The molecule has 0 saturated carbocycles. The fourth-order valence-electron chi connectivity index (χ4n) is 2.73. The van der Waals surface area contributed by atoms with Crippen molar-refractivity contribution in [1.29, 1.82) is 0 Å². The van der Waals surface area contributed by atoms with E-state index >= 15 is 0 Å². The monoisotopic (exact) mass is 400 g/mol. The molecule has 0 N–H and O–H groups in total. The number of epoxide rings is 2. The standard InChI is InChI=1S/C23H28O6/c1(2-12-24-18-4-8-20(9-5-18)26-14-22-16-28-22)3-13-25-19-6-10-21(11-7-19)27-15-23-17-29-23/h4-11,22-23H,1-3,12-17H2. The third-order valence-electron chi connectivity index (χ3n) is 4.65. The lowest BCUT2D eigenvalue weighted by atomic mass is 10.2. The minimum Gasteiger partial charge on any atom is -0.494 e. The van der Waals surface area contributed by atoms with Gasteiger partial charge in [-0.15, -0.1) is 0 Å². The van der Waals surface area contributed by atoms with Crippen molar-refractivity contribution < 1.29 is 28.4 Å². The van der Waals surface area contributed by atoms with E-state index in [1.54, 1.807) is 0 Å². The van der Waals surface area contributed by atoms with Crippen molar-refractivity contribution >= 4 is 0 Å². The van der Waals surface area contributed by atoms with Crippen LogP contribution in [-0.4, -0.2) is 51.8 Å². The molecule has 0 aliphatic carbocycles. The van der Waals surface area contributed by atoms with Crippen LogP contribution in [0.3, 0.4) is 0 Å². The minimum absolute atomic E-state index is 0.274. The fraction of sp³-hybridized carbons (Fsp3) is 0.478. The Bertz CT molecular complexity index is 659. The molecular formula is C23H28O6. The number of hydrogen-bond acceptors (Lipinski definition) is 6. The van der Waals surface area contributed by atoms with Gasteiger partial charge in [0.2, 0.25) is 0 Å². The summed E-state index contributed by atoms with van der Waals surface area (Å²) in [4.78, 5) is 0. The smallest absolute Gasteiger partial charge is 0.119 e. The molecule has 156 valence electrons. The van der Waals surface area contributed by atoms with Crippen LogP contribution in [-0.2, 0) is 9.47 Å². The zero-order valence-corrected chi connectivity index (χ0v) is 16.6. The van der Waals surface area contributed by atoms with Gasteiger partial charge in [-0.3, -0.25) is 0 Å². The lowest BCUT2D eigenvalue weighted by Crippen LogP contribution is -2.04. The Morgan fingerprint density at radius 1 is 0.552 bits per heavy atom. The summed E-state index contributed by atoms with van der Waals surface area (Å²) >= 11 is 0. The highest BCUT2D eigenvalue weighted by Gasteiger charge is 2.23. The normalized spacial score (nSPS) is 19.4. The van der Waals surface area contributed by atoms with Gasteiger partial charge in [0.15, 0.2) is 0 Å². The molecule has 4 rings (SSSR count). The molecule has 6 nitrogen and oxygen atoms in total. The second-order valence-corrected chi connectivity index (χ2v) is 7.23. The number of hydrogen-bond donors (Lipinski definition) is 0. The molecule has 2 aliphatic heterocycles. The summed E-state index contributed by atoms with van der Waals surface area (Å²) in [5, 5.41) is 0. The third kappa shape index (κ3) is 7.48. The first-order valence-corrected chi connectivity index (χ1v) is 10.3. The van der Waals surface area contributed by atoms with Gasteiger partial charge in [0.25, 0.3) is 0 Å². The van der Waals surface area contributed by atoms with Crippen molar-refractivity contribution in [3.05, 3.63) is 48.5 Å². The van der Waals surface area contributed by atoms with Crippen LogP contribution >= 0.6 is 0 Å². The summed E-state index contributed by atoms with van der Waals surface area (Å²) in [5.74, 6) is 3.43. The second kappa shape index (κ2) is 10.4. The summed E-state index contributed by atoms with van der Waals surface area (Å²) in [6, 6.07) is 15.5. The fourth-order valence-corrected chi connectivity index (χ4v) is 2.73. The maximum atomic E-state index is 5.78. The van der Waals surface area contributed by atoms with Crippen molar-refractivity contribution in [3.8, 4) is 23.0 Å². The average Bonchev–Trinajstić information content (AvgIpc) is 3.67. The molecule has 29 heavy (non-hydrogen) atoms. The van der Waals surface area contributed by atoms with Gasteiger partial charge in [0, 0.05) is 0 Å². The maximum absolute atomic E-state index is 5.78. The maximum Gasteiger partial charge on any atom is 0.119 e. The lowest BCUT2D eigenvalue weighted by molar-refractivity contribution is 0.261. The van der Waals surface area contributed by atoms with Gasteiger partial charge in [-0.1, -0.05) is 0 Å². The molecular weight excluding hydrogens is 372 g/mol. The van der Waals surface area contributed by atoms with Crippen molar-refractivity contribution in [2.75, 3.05) is 39.6 Å². The van der Waals surface area contributed by atoms with E-state index in [1.165, 1.54) is 0 Å². The van der Waals surface area contributed by atoms with Crippen molar-refractivity contribution in [2.24, 2.45) is 0 Å². The van der Waals surface area contributed by atoms with Crippen LogP contribution in [0.1, 0.15) is 19.3 Å². The summed E-state index contributed by atoms with van der Waals surface area (Å²) in [7, 11) is 0. The number of benzene rings is 2. The van der Waals surface area contributed by atoms with Crippen molar-refractivity contribution in [3.63, 3.8) is 0 Å². The zero-order chi connectivity index (χ0) is 19.7. The Morgan fingerprint density at radius 2 is 0.897 bits per heavy atom. The first kappa shape index (κ1) is 19.9. The SMILES string of the molecule is c1cc(OCC2CO2)ccc1OCCCCCOc1ccc(OCC2CO2)cc1. The predicted octanol–water partition coefficient (Wildman–Crippen LogP) is 3.87. The minimum atomic E-state index is 0.274. The predicted molar refractivity (Wildman–Crippen MR) is 108 cm³/mol. The van der Waals surface area contributed by atoms with Gasteiger partial charge in [0.05, 0.1) is 26.4 Å². The molecule has 0 spiro atoms. The Labute approximate surface area is 171 Å². The molecule has 2 aromatic rings. The van der Waals surface area contributed by atoms with Crippen LogP contribution < -0.4 is 18.9 Å². The van der Waals surface area contributed by atoms with E-state index in [0.29, 0.717) is 26.4 Å². The molecule has 0 aromatic heterocycles. The number of rotatable bonds is 14. The molecule has 2 unspecified atom stereocenters.